The smallest absolute Gasteiger partial charge is 0.147 e. The van der Waals surface area contributed by atoms with Gasteiger partial charge in [-0.15, -0.1) is 0 Å². The molecule has 0 saturated carbocycles. The highest BCUT2D eigenvalue weighted by atomic mass is 35.5. The van der Waals surface area contributed by atoms with E-state index in [1.807, 2.05) is 6.07 Å². The Labute approximate surface area is 116 Å². The van der Waals surface area contributed by atoms with Crippen molar-refractivity contribution in [1.82, 2.24) is 4.98 Å². The molecule has 0 aliphatic rings. The summed E-state index contributed by atoms with van der Waals surface area (Å²) in [5.74, 6) is 0.556. The Morgan fingerprint density at radius 2 is 2.16 bits per heavy atom. The topological polar surface area (TPSA) is 34.2 Å². The number of pyridine rings is 1. The first kappa shape index (κ1) is 13.6. The maximum absolute atomic E-state index is 12.9. The summed E-state index contributed by atoms with van der Waals surface area (Å²) >= 11 is 5.90. The summed E-state index contributed by atoms with van der Waals surface area (Å²) in [7, 11) is 0. The Hall–Kier alpha value is -1.81. The summed E-state index contributed by atoms with van der Waals surface area (Å²) in [6.45, 7) is 2.95. The van der Waals surface area contributed by atoms with E-state index in [9.17, 15) is 4.39 Å². The molecule has 1 aromatic heterocycles. The highest BCUT2D eigenvalue weighted by molar-refractivity contribution is 6.32. The third kappa shape index (κ3) is 3.83. The Balaban J connectivity index is 2.14. The molecule has 0 radical (unpaired) electrons. The van der Waals surface area contributed by atoms with E-state index in [2.05, 4.69) is 17.2 Å². The fraction of sp³-hybridized carbons (Fsp3) is 0.214. The molecule has 100 valence electrons. The molecule has 0 unspecified atom stereocenters. The minimum atomic E-state index is -0.395. The first-order chi connectivity index (χ1) is 9.19. The van der Waals surface area contributed by atoms with Gasteiger partial charge >= 0.3 is 0 Å². The minimum absolute atomic E-state index is 0.229. The molecule has 0 spiro atoms. The Morgan fingerprint density at radius 3 is 2.89 bits per heavy atom. The van der Waals surface area contributed by atoms with Gasteiger partial charge in [-0.3, -0.25) is 4.98 Å². The number of rotatable bonds is 5. The molecule has 3 nitrogen and oxygen atoms in total. The van der Waals surface area contributed by atoms with Crippen LogP contribution in [0.2, 0.25) is 5.02 Å². The van der Waals surface area contributed by atoms with Crippen molar-refractivity contribution < 1.29 is 9.13 Å². The van der Waals surface area contributed by atoms with Crippen LogP contribution in [0, 0.1) is 5.82 Å². The van der Waals surface area contributed by atoms with Crippen molar-refractivity contribution in [3.63, 3.8) is 0 Å². The van der Waals surface area contributed by atoms with Crippen LogP contribution in [0.5, 0.6) is 11.5 Å². The van der Waals surface area contributed by atoms with Crippen LogP contribution in [0.4, 0.5) is 10.1 Å². The molecule has 0 saturated heterocycles. The predicted molar refractivity (Wildman–Crippen MR) is 74.5 cm³/mol. The van der Waals surface area contributed by atoms with Crippen molar-refractivity contribution in [1.29, 1.82) is 0 Å². The minimum Gasteiger partial charge on any atom is -0.454 e. The summed E-state index contributed by atoms with van der Waals surface area (Å²) in [6.07, 6.45) is 4.32. The zero-order chi connectivity index (χ0) is 13.7. The Kier molecular flexibility index (Phi) is 4.58. The van der Waals surface area contributed by atoms with E-state index in [0.717, 1.165) is 18.7 Å². The number of aromatic nitrogens is 1. The van der Waals surface area contributed by atoms with Crippen LogP contribution in [0.1, 0.15) is 13.3 Å². The Morgan fingerprint density at radius 1 is 1.32 bits per heavy atom. The number of hydrogen-bond donors (Lipinski definition) is 1. The van der Waals surface area contributed by atoms with Gasteiger partial charge in [0, 0.05) is 12.6 Å². The van der Waals surface area contributed by atoms with Crippen molar-refractivity contribution in [2.45, 2.75) is 13.3 Å². The lowest BCUT2D eigenvalue weighted by atomic mass is 10.3. The lowest BCUT2D eigenvalue weighted by Gasteiger charge is -2.09. The molecule has 0 atom stereocenters. The maximum atomic E-state index is 12.9. The van der Waals surface area contributed by atoms with Gasteiger partial charge in [0.2, 0.25) is 0 Å². The zero-order valence-corrected chi connectivity index (χ0v) is 11.2. The highest BCUT2D eigenvalue weighted by Gasteiger charge is 2.05. The van der Waals surface area contributed by atoms with Crippen LogP contribution in [0.15, 0.2) is 36.7 Å². The normalized spacial score (nSPS) is 10.3. The van der Waals surface area contributed by atoms with Crippen LogP contribution in [-0.4, -0.2) is 11.5 Å². The van der Waals surface area contributed by atoms with Crippen LogP contribution in [0.3, 0.4) is 0 Å². The van der Waals surface area contributed by atoms with Gasteiger partial charge in [-0.2, -0.15) is 0 Å². The molecular formula is C14H14ClFN2O. The molecule has 19 heavy (non-hydrogen) atoms. The standard InChI is InChI=1S/C14H14ClFN2O/c1-2-5-18-11-7-12(9-17-8-11)19-14-4-3-10(16)6-13(14)15/h3-4,6-9,18H,2,5H2,1H3. The number of halogens is 2. The molecule has 2 aromatic rings. The van der Waals surface area contributed by atoms with Crippen LogP contribution in [-0.2, 0) is 0 Å². The molecule has 0 aliphatic carbocycles. The SMILES string of the molecule is CCCNc1cncc(Oc2ccc(F)cc2Cl)c1. The number of nitrogens with one attached hydrogen (secondary N) is 1. The molecule has 0 bridgehead atoms. The monoisotopic (exact) mass is 280 g/mol. The number of nitrogens with zero attached hydrogens (tertiary/aromatic N) is 1. The van der Waals surface area contributed by atoms with E-state index < -0.39 is 5.82 Å². The van der Waals surface area contributed by atoms with E-state index in [1.165, 1.54) is 18.2 Å². The third-order valence-electron chi connectivity index (χ3n) is 2.41. The van der Waals surface area contributed by atoms with Gasteiger partial charge in [0.15, 0.2) is 0 Å². The predicted octanol–water partition coefficient (Wildman–Crippen LogP) is 4.49. The van der Waals surface area contributed by atoms with Crippen molar-refractivity contribution in [2.24, 2.45) is 0 Å². The quantitative estimate of drug-likeness (QED) is 0.876. The molecule has 0 amide bonds. The van der Waals surface area contributed by atoms with Crippen molar-refractivity contribution in [3.8, 4) is 11.5 Å². The maximum Gasteiger partial charge on any atom is 0.147 e. The van der Waals surface area contributed by atoms with Gasteiger partial charge in [-0.25, -0.2) is 4.39 Å². The second-order valence-electron chi connectivity index (χ2n) is 4.01. The van der Waals surface area contributed by atoms with E-state index in [0.29, 0.717) is 11.5 Å². The van der Waals surface area contributed by atoms with E-state index in [1.54, 1.807) is 12.4 Å². The summed E-state index contributed by atoms with van der Waals surface area (Å²) < 4.78 is 18.5. The molecule has 0 fully saturated rings. The van der Waals surface area contributed by atoms with Crippen LogP contribution < -0.4 is 10.1 Å². The summed E-state index contributed by atoms with van der Waals surface area (Å²) in [6, 6.07) is 5.82. The molecule has 0 aliphatic heterocycles. The van der Waals surface area contributed by atoms with Crippen molar-refractivity contribution >= 4 is 17.3 Å². The number of anilines is 1. The van der Waals surface area contributed by atoms with E-state index in [4.69, 9.17) is 16.3 Å². The molecule has 1 aromatic carbocycles. The summed E-state index contributed by atoms with van der Waals surface area (Å²) in [5.41, 5.74) is 0.873. The van der Waals surface area contributed by atoms with Crippen LogP contribution >= 0.6 is 11.6 Å². The lowest BCUT2D eigenvalue weighted by Crippen LogP contribution is -2.00. The molecule has 2 rings (SSSR count). The molecular weight excluding hydrogens is 267 g/mol. The van der Waals surface area contributed by atoms with Gasteiger partial charge in [-0.05, 0) is 24.6 Å². The number of hydrogen-bond acceptors (Lipinski definition) is 3. The second kappa shape index (κ2) is 6.38. The van der Waals surface area contributed by atoms with Crippen molar-refractivity contribution in [3.05, 3.63) is 47.5 Å². The molecule has 5 heteroatoms. The fourth-order valence-corrected chi connectivity index (χ4v) is 1.73. The Bertz CT molecular complexity index is 563. The van der Waals surface area contributed by atoms with Crippen molar-refractivity contribution in [2.75, 3.05) is 11.9 Å². The summed E-state index contributed by atoms with van der Waals surface area (Å²) in [5, 5.41) is 3.44. The number of ether oxygens (including phenoxy) is 1. The van der Waals surface area contributed by atoms with Gasteiger partial charge in [-0.1, -0.05) is 18.5 Å². The lowest BCUT2D eigenvalue weighted by molar-refractivity contribution is 0.479. The summed E-state index contributed by atoms with van der Waals surface area (Å²) in [4.78, 5) is 4.08. The van der Waals surface area contributed by atoms with Gasteiger partial charge in [0.1, 0.15) is 17.3 Å². The van der Waals surface area contributed by atoms with E-state index in [-0.39, 0.29) is 5.02 Å². The largest absolute Gasteiger partial charge is 0.454 e. The first-order valence-corrected chi connectivity index (χ1v) is 6.38. The zero-order valence-electron chi connectivity index (χ0n) is 10.5. The highest BCUT2D eigenvalue weighted by Crippen LogP contribution is 2.30. The molecule has 1 heterocycles. The number of benzene rings is 1. The first-order valence-electron chi connectivity index (χ1n) is 6.01. The average Bonchev–Trinajstić information content (AvgIpc) is 2.40. The van der Waals surface area contributed by atoms with E-state index >= 15 is 0 Å². The van der Waals surface area contributed by atoms with Gasteiger partial charge < -0.3 is 10.1 Å². The van der Waals surface area contributed by atoms with Gasteiger partial charge in [0.05, 0.1) is 23.1 Å². The van der Waals surface area contributed by atoms with Gasteiger partial charge in [0.25, 0.3) is 0 Å². The third-order valence-corrected chi connectivity index (χ3v) is 2.71. The average molecular weight is 281 g/mol. The van der Waals surface area contributed by atoms with Crippen LogP contribution in [0.25, 0.3) is 0 Å². The fourth-order valence-electron chi connectivity index (χ4n) is 1.53. The molecule has 1 N–H and O–H groups in total. The second-order valence-corrected chi connectivity index (χ2v) is 4.42.